The van der Waals surface area contributed by atoms with Crippen LogP contribution < -0.4 is 16.0 Å². The van der Waals surface area contributed by atoms with Gasteiger partial charge in [0, 0.05) is 6.07 Å². The molecule has 0 saturated carbocycles. The molecule has 0 fully saturated rings. The van der Waals surface area contributed by atoms with Crippen molar-refractivity contribution in [3.05, 3.63) is 51.1 Å². The summed E-state index contributed by atoms with van der Waals surface area (Å²) in [6, 6.07) is 3.97. The van der Waals surface area contributed by atoms with E-state index in [-0.39, 0.29) is 28.7 Å². The Balaban J connectivity index is 2.15. The molecule has 0 aliphatic carbocycles. The first kappa shape index (κ1) is 14.8. The molecule has 2 aromatic rings. The molecule has 1 amide bonds. The highest BCUT2D eigenvalue weighted by molar-refractivity contribution is 9.10. The lowest BCUT2D eigenvalue weighted by Gasteiger charge is -2.08. The highest BCUT2D eigenvalue weighted by Crippen LogP contribution is 2.31. The van der Waals surface area contributed by atoms with E-state index in [0.717, 1.165) is 6.07 Å². The Bertz CT molecular complexity index is 648. The van der Waals surface area contributed by atoms with Gasteiger partial charge in [0.2, 0.25) is 0 Å². The Morgan fingerprint density at radius 3 is 3.00 bits per heavy atom. The van der Waals surface area contributed by atoms with Crippen molar-refractivity contribution in [2.24, 2.45) is 5.84 Å². The third-order valence-corrected chi connectivity index (χ3v) is 3.36. The van der Waals surface area contributed by atoms with Gasteiger partial charge in [0.25, 0.3) is 5.91 Å². The zero-order valence-corrected chi connectivity index (χ0v) is 12.3. The van der Waals surface area contributed by atoms with Crippen molar-refractivity contribution in [1.82, 2.24) is 5.43 Å². The number of carbonyl (C=O) groups excluding carboxylic acids is 1. The first-order chi connectivity index (χ1) is 9.52. The summed E-state index contributed by atoms with van der Waals surface area (Å²) in [5.41, 5.74) is 2.24. The zero-order valence-electron chi connectivity index (χ0n) is 9.95. The van der Waals surface area contributed by atoms with Crippen molar-refractivity contribution in [2.75, 3.05) is 0 Å². The van der Waals surface area contributed by atoms with Gasteiger partial charge >= 0.3 is 0 Å². The van der Waals surface area contributed by atoms with Crippen LogP contribution in [0, 0.1) is 5.82 Å². The molecule has 106 valence electrons. The van der Waals surface area contributed by atoms with Gasteiger partial charge in [0.05, 0.1) is 21.3 Å². The fourth-order valence-electron chi connectivity index (χ4n) is 1.49. The summed E-state index contributed by atoms with van der Waals surface area (Å²) in [4.78, 5) is 11.4. The van der Waals surface area contributed by atoms with Gasteiger partial charge in [-0.15, -0.1) is 0 Å². The van der Waals surface area contributed by atoms with E-state index in [1.807, 2.05) is 5.43 Å². The molecule has 1 aromatic heterocycles. The summed E-state index contributed by atoms with van der Waals surface area (Å²) in [6.45, 7) is -0.0601. The Morgan fingerprint density at radius 1 is 1.55 bits per heavy atom. The molecule has 20 heavy (non-hydrogen) atoms. The molecule has 0 radical (unpaired) electrons. The second-order valence-corrected chi connectivity index (χ2v) is 4.98. The lowest BCUT2D eigenvalue weighted by molar-refractivity contribution is 0.0949. The molecule has 8 heteroatoms. The normalized spacial score (nSPS) is 10.4. The van der Waals surface area contributed by atoms with E-state index in [1.165, 1.54) is 18.4 Å². The van der Waals surface area contributed by atoms with Crippen LogP contribution in [0.25, 0.3) is 0 Å². The minimum atomic E-state index is -0.607. The maximum absolute atomic E-state index is 13.4. The highest BCUT2D eigenvalue weighted by Gasteiger charge is 2.15. The molecule has 2 rings (SSSR count). The van der Waals surface area contributed by atoms with E-state index in [9.17, 15) is 9.18 Å². The minimum Gasteiger partial charge on any atom is -0.484 e. The first-order valence-corrected chi connectivity index (χ1v) is 6.54. The van der Waals surface area contributed by atoms with E-state index in [1.54, 1.807) is 0 Å². The van der Waals surface area contributed by atoms with Crippen LogP contribution in [0.15, 0.2) is 33.4 Å². The van der Waals surface area contributed by atoms with Crippen LogP contribution in [-0.4, -0.2) is 5.91 Å². The van der Waals surface area contributed by atoms with Crippen molar-refractivity contribution in [2.45, 2.75) is 6.61 Å². The molecule has 0 spiro atoms. The summed E-state index contributed by atoms with van der Waals surface area (Å²) < 4.78 is 24.4. The zero-order chi connectivity index (χ0) is 14.7. The lowest BCUT2D eigenvalue weighted by atomic mass is 10.2. The van der Waals surface area contributed by atoms with Crippen molar-refractivity contribution in [3.8, 4) is 5.75 Å². The van der Waals surface area contributed by atoms with Gasteiger partial charge in [0.15, 0.2) is 5.76 Å². The van der Waals surface area contributed by atoms with Gasteiger partial charge in [-0.3, -0.25) is 10.2 Å². The number of rotatable bonds is 4. The van der Waals surface area contributed by atoms with E-state index in [2.05, 4.69) is 15.9 Å². The molecular formula is C12H9BrClFN2O3. The molecule has 0 bridgehead atoms. The number of nitrogens with two attached hydrogens (primary N) is 1. The number of carbonyl (C=O) groups is 1. The minimum absolute atomic E-state index is 0.0228. The van der Waals surface area contributed by atoms with Gasteiger partial charge < -0.3 is 9.15 Å². The van der Waals surface area contributed by atoms with Crippen LogP contribution in [0.4, 0.5) is 4.39 Å². The second-order valence-electron chi connectivity index (χ2n) is 3.72. The molecular weight excluding hydrogens is 354 g/mol. The number of amides is 1. The number of furan rings is 1. The van der Waals surface area contributed by atoms with Crippen LogP contribution in [0.1, 0.15) is 16.1 Å². The Kier molecular flexibility index (Phi) is 4.64. The van der Waals surface area contributed by atoms with Gasteiger partial charge in [-0.25, -0.2) is 10.2 Å². The molecule has 1 aromatic carbocycles. The van der Waals surface area contributed by atoms with E-state index >= 15 is 0 Å². The molecule has 3 N–H and O–H groups in total. The Labute approximate surface area is 126 Å². The quantitative estimate of drug-likeness (QED) is 0.379. The summed E-state index contributed by atoms with van der Waals surface area (Å²) >= 11 is 8.83. The first-order valence-electron chi connectivity index (χ1n) is 5.37. The van der Waals surface area contributed by atoms with Crippen molar-refractivity contribution >= 4 is 33.4 Å². The molecule has 0 aliphatic heterocycles. The van der Waals surface area contributed by atoms with E-state index in [4.69, 9.17) is 26.6 Å². The number of hydrogen-bond donors (Lipinski definition) is 2. The second kappa shape index (κ2) is 6.25. The Hall–Kier alpha value is -1.57. The third-order valence-electron chi connectivity index (χ3n) is 2.45. The van der Waals surface area contributed by atoms with Gasteiger partial charge in [-0.1, -0.05) is 11.6 Å². The summed E-state index contributed by atoms with van der Waals surface area (Å²) in [7, 11) is 0. The van der Waals surface area contributed by atoms with Gasteiger partial charge in [-0.05, 0) is 28.1 Å². The predicted octanol–water partition coefficient (Wildman–Crippen LogP) is 3.02. The fourth-order valence-corrected chi connectivity index (χ4v) is 2.24. The molecule has 5 nitrogen and oxygen atoms in total. The summed E-state index contributed by atoms with van der Waals surface area (Å²) in [5, 5.41) is -0.0228. The van der Waals surface area contributed by atoms with Crippen LogP contribution in [0.5, 0.6) is 5.75 Å². The third kappa shape index (κ3) is 3.12. The van der Waals surface area contributed by atoms with E-state index in [0.29, 0.717) is 4.47 Å². The number of ether oxygens (including phenoxy) is 1. The number of hydrogen-bond acceptors (Lipinski definition) is 4. The predicted molar refractivity (Wildman–Crippen MR) is 73.8 cm³/mol. The fraction of sp³-hybridized carbons (Fsp3) is 0.0833. The summed E-state index contributed by atoms with van der Waals surface area (Å²) in [5.74, 6) is 4.45. The number of nitrogen functional groups attached to an aromatic ring is 1. The Morgan fingerprint density at radius 2 is 2.30 bits per heavy atom. The van der Waals surface area contributed by atoms with Crippen LogP contribution in [-0.2, 0) is 6.61 Å². The van der Waals surface area contributed by atoms with Crippen LogP contribution in [0.2, 0.25) is 5.02 Å². The lowest BCUT2D eigenvalue weighted by Crippen LogP contribution is -2.30. The average Bonchev–Trinajstić information content (AvgIpc) is 2.89. The van der Waals surface area contributed by atoms with Gasteiger partial charge in [-0.2, -0.15) is 0 Å². The number of nitrogens with one attached hydrogen (secondary N) is 1. The largest absolute Gasteiger partial charge is 0.484 e. The molecule has 1 heterocycles. The van der Waals surface area contributed by atoms with Gasteiger partial charge in [0.1, 0.15) is 18.2 Å². The SMILES string of the molecule is NNC(=O)c1ccoc1COc1cc(F)c(Cl)cc1Br. The maximum atomic E-state index is 13.4. The molecule has 0 atom stereocenters. The number of benzene rings is 1. The topological polar surface area (TPSA) is 77.5 Å². The smallest absolute Gasteiger partial charge is 0.268 e. The highest BCUT2D eigenvalue weighted by atomic mass is 79.9. The van der Waals surface area contributed by atoms with Crippen molar-refractivity contribution in [1.29, 1.82) is 0 Å². The molecule has 0 unspecified atom stereocenters. The van der Waals surface area contributed by atoms with Crippen molar-refractivity contribution < 1.29 is 18.3 Å². The number of halogens is 3. The summed E-state index contributed by atoms with van der Waals surface area (Å²) in [6.07, 6.45) is 1.33. The number of hydrazine groups is 1. The molecule has 0 aliphatic rings. The maximum Gasteiger partial charge on any atom is 0.268 e. The standard InChI is InChI=1S/C12H9BrClFN2O3/c13-7-3-8(14)9(15)4-10(7)20-5-11-6(1-2-19-11)12(18)17-16/h1-4H,5,16H2,(H,17,18). The van der Waals surface area contributed by atoms with E-state index < -0.39 is 11.7 Å². The van der Waals surface area contributed by atoms with Crippen LogP contribution in [0.3, 0.4) is 0 Å². The monoisotopic (exact) mass is 362 g/mol. The molecule has 0 saturated heterocycles. The van der Waals surface area contributed by atoms with Crippen LogP contribution >= 0.6 is 27.5 Å². The average molecular weight is 364 g/mol. The van der Waals surface area contributed by atoms with Crippen molar-refractivity contribution in [3.63, 3.8) is 0 Å².